The van der Waals surface area contributed by atoms with Crippen LogP contribution < -0.4 is 9.62 Å². The number of carbonyl (C=O) groups excluding carboxylic acids is 1. The molecular weight excluding hydrogens is 314 g/mol. The van der Waals surface area contributed by atoms with Crippen molar-refractivity contribution in [2.75, 3.05) is 17.1 Å². The van der Waals surface area contributed by atoms with Crippen LogP contribution in [0.5, 0.6) is 0 Å². The first kappa shape index (κ1) is 16.7. The van der Waals surface area contributed by atoms with Gasteiger partial charge in [0.15, 0.2) is 0 Å². The highest BCUT2D eigenvalue weighted by Crippen LogP contribution is 2.23. The maximum Gasteiger partial charge on any atom is 0.240 e. The van der Waals surface area contributed by atoms with Gasteiger partial charge in [0.2, 0.25) is 15.9 Å². The van der Waals surface area contributed by atoms with Gasteiger partial charge in [0.05, 0.1) is 11.9 Å². The summed E-state index contributed by atoms with van der Waals surface area (Å²) in [5.74, 6) is -2.34. The third-order valence-corrected chi connectivity index (χ3v) is 4.71. The van der Waals surface area contributed by atoms with Gasteiger partial charge in [-0.3, -0.25) is 9.10 Å². The molecule has 0 heterocycles. The Morgan fingerprint density at radius 2 is 1.95 bits per heavy atom. The SMILES string of the molecule is CS(=O)(=O)N(CC(=O)NC1CCCC1)c1ccc(F)cc1F. The minimum absolute atomic E-state index is 0.0342. The number of hydrogen-bond donors (Lipinski definition) is 1. The molecule has 0 unspecified atom stereocenters. The zero-order valence-corrected chi connectivity index (χ0v) is 13.0. The van der Waals surface area contributed by atoms with Crippen LogP contribution in [-0.4, -0.2) is 33.2 Å². The van der Waals surface area contributed by atoms with E-state index in [4.69, 9.17) is 0 Å². The summed E-state index contributed by atoms with van der Waals surface area (Å²) in [6.07, 6.45) is 4.63. The number of nitrogens with zero attached hydrogens (tertiary/aromatic N) is 1. The van der Waals surface area contributed by atoms with Crippen molar-refractivity contribution in [2.45, 2.75) is 31.7 Å². The van der Waals surface area contributed by atoms with Crippen molar-refractivity contribution in [2.24, 2.45) is 0 Å². The number of rotatable bonds is 5. The van der Waals surface area contributed by atoms with Gasteiger partial charge in [-0.15, -0.1) is 0 Å². The van der Waals surface area contributed by atoms with Gasteiger partial charge in [0.25, 0.3) is 0 Å². The van der Waals surface area contributed by atoms with Crippen molar-refractivity contribution < 1.29 is 22.0 Å². The van der Waals surface area contributed by atoms with Gasteiger partial charge in [-0.05, 0) is 25.0 Å². The van der Waals surface area contributed by atoms with Crippen molar-refractivity contribution in [1.29, 1.82) is 0 Å². The molecule has 22 heavy (non-hydrogen) atoms. The van der Waals surface area contributed by atoms with E-state index >= 15 is 0 Å². The zero-order valence-electron chi connectivity index (χ0n) is 12.2. The van der Waals surface area contributed by atoms with Crippen LogP contribution in [0, 0.1) is 11.6 Å². The molecule has 1 aliphatic carbocycles. The van der Waals surface area contributed by atoms with Crippen LogP contribution in [0.3, 0.4) is 0 Å². The molecule has 1 aliphatic rings. The molecule has 5 nitrogen and oxygen atoms in total. The lowest BCUT2D eigenvalue weighted by molar-refractivity contribution is -0.120. The molecule has 122 valence electrons. The maximum absolute atomic E-state index is 13.8. The molecular formula is C14H18F2N2O3S. The number of sulfonamides is 1. The van der Waals surface area contributed by atoms with E-state index in [9.17, 15) is 22.0 Å². The Hall–Kier alpha value is -1.70. The average Bonchev–Trinajstić information content (AvgIpc) is 2.88. The van der Waals surface area contributed by atoms with Crippen LogP contribution in [0.1, 0.15) is 25.7 Å². The fourth-order valence-electron chi connectivity index (χ4n) is 2.54. The fraction of sp³-hybridized carbons (Fsp3) is 0.500. The second-order valence-electron chi connectivity index (χ2n) is 5.41. The Morgan fingerprint density at radius 3 is 2.50 bits per heavy atom. The summed E-state index contributed by atoms with van der Waals surface area (Å²) in [4.78, 5) is 12.0. The third-order valence-electron chi connectivity index (χ3n) is 3.59. The number of halogens is 2. The lowest BCUT2D eigenvalue weighted by atomic mass is 10.2. The van der Waals surface area contributed by atoms with E-state index in [0.29, 0.717) is 10.4 Å². The average molecular weight is 332 g/mol. The molecule has 1 fully saturated rings. The molecule has 0 saturated heterocycles. The highest BCUT2D eigenvalue weighted by Gasteiger charge is 2.25. The van der Waals surface area contributed by atoms with Crippen LogP contribution in [0.15, 0.2) is 18.2 Å². The van der Waals surface area contributed by atoms with Gasteiger partial charge >= 0.3 is 0 Å². The summed E-state index contributed by atoms with van der Waals surface area (Å²) in [6, 6.07) is 2.58. The van der Waals surface area contributed by atoms with E-state index in [1.165, 1.54) is 0 Å². The lowest BCUT2D eigenvalue weighted by Gasteiger charge is -2.23. The standard InChI is InChI=1S/C14H18F2N2O3S/c1-22(20,21)18(13-7-6-10(15)8-12(13)16)9-14(19)17-11-4-2-3-5-11/h6-8,11H,2-5,9H2,1H3,(H,17,19). The fourth-order valence-corrected chi connectivity index (χ4v) is 3.40. The Balaban J connectivity index is 2.18. The van der Waals surface area contributed by atoms with Crippen molar-refractivity contribution in [3.05, 3.63) is 29.8 Å². The molecule has 2 rings (SSSR count). The Bertz CT molecular complexity index is 658. The van der Waals surface area contributed by atoms with Gasteiger partial charge in [0.1, 0.15) is 18.2 Å². The van der Waals surface area contributed by atoms with E-state index in [1.54, 1.807) is 0 Å². The highest BCUT2D eigenvalue weighted by atomic mass is 32.2. The van der Waals surface area contributed by atoms with E-state index < -0.39 is 34.1 Å². The molecule has 0 spiro atoms. The smallest absolute Gasteiger partial charge is 0.240 e. The van der Waals surface area contributed by atoms with Gasteiger partial charge in [-0.1, -0.05) is 12.8 Å². The summed E-state index contributed by atoms with van der Waals surface area (Å²) in [7, 11) is -3.87. The third kappa shape index (κ3) is 4.16. The largest absolute Gasteiger partial charge is 0.352 e. The van der Waals surface area contributed by atoms with E-state index in [2.05, 4.69) is 5.32 Å². The molecule has 0 radical (unpaired) electrons. The van der Waals surface area contributed by atoms with Crippen molar-refractivity contribution in [3.8, 4) is 0 Å². The molecule has 8 heteroatoms. The number of benzene rings is 1. The molecule has 1 N–H and O–H groups in total. The Kier molecular flexibility index (Phi) is 5.00. The van der Waals surface area contributed by atoms with Crippen LogP contribution in [0.25, 0.3) is 0 Å². The highest BCUT2D eigenvalue weighted by molar-refractivity contribution is 7.92. The predicted molar refractivity (Wildman–Crippen MR) is 78.9 cm³/mol. The van der Waals surface area contributed by atoms with Gasteiger partial charge in [0, 0.05) is 12.1 Å². The quantitative estimate of drug-likeness (QED) is 0.894. The normalized spacial score (nSPS) is 15.8. The number of nitrogens with one attached hydrogen (secondary N) is 1. The van der Waals surface area contributed by atoms with E-state index in [-0.39, 0.29) is 11.7 Å². The van der Waals surface area contributed by atoms with Gasteiger partial charge < -0.3 is 5.32 Å². The number of amides is 1. The summed E-state index contributed by atoms with van der Waals surface area (Å²) < 4.78 is 51.1. The molecule has 1 amide bonds. The molecule has 0 aromatic heterocycles. The number of carbonyl (C=O) groups is 1. The maximum atomic E-state index is 13.8. The topological polar surface area (TPSA) is 66.5 Å². The first-order valence-electron chi connectivity index (χ1n) is 6.99. The monoisotopic (exact) mass is 332 g/mol. The molecule has 1 aromatic rings. The second-order valence-corrected chi connectivity index (χ2v) is 7.32. The van der Waals surface area contributed by atoms with Crippen LogP contribution in [0.4, 0.5) is 14.5 Å². The molecule has 0 bridgehead atoms. The Labute approximate surface area is 128 Å². The molecule has 0 aliphatic heterocycles. The van der Waals surface area contributed by atoms with E-state index in [1.807, 2.05) is 0 Å². The minimum atomic E-state index is -3.87. The van der Waals surface area contributed by atoms with Crippen LogP contribution >= 0.6 is 0 Å². The molecule has 1 saturated carbocycles. The van der Waals surface area contributed by atoms with Gasteiger partial charge in [-0.2, -0.15) is 0 Å². The zero-order chi connectivity index (χ0) is 16.3. The summed E-state index contributed by atoms with van der Waals surface area (Å²) in [6.45, 7) is -0.530. The lowest BCUT2D eigenvalue weighted by Crippen LogP contribution is -2.43. The Morgan fingerprint density at radius 1 is 1.32 bits per heavy atom. The van der Waals surface area contributed by atoms with Crippen molar-refractivity contribution in [3.63, 3.8) is 0 Å². The first-order chi connectivity index (χ1) is 10.3. The number of hydrogen-bond acceptors (Lipinski definition) is 3. The van der Waals surface area contributed by atoms with Crippen molar-refractivity contribution >= 4 is 21.6 Å². The molecule has 1 aromatic carbocycles. The number of anilines is 1. The summed E-state index contributed by atoms with van der Waals surface area (Å²) >= 11 is 0. The summed E-state index contributed by atoms with van der Waals surface area (Å²) in [5, 5.41) is 2.74. The predicted octanol–water partition coefficient (Wildman–Crippen LogP) is 1.79. The van der Waals surface area contributed by atoms with Gasteiger partial charge in [-0.25, -0.2) is 17.2 Å². The molecule has 0 atom stereocenters. The minimum Gasteiger partial charge on any atom is -0.352 e. The van der Waals surface area contributed by atoms with Crippen LogP contribution in [-0.2, 0) is 14.8 Å². The van der Waals surface area contributed by atoms with Crippen LogP contribution in [0.2, 0.25) is 0 Å². The van der Waals surface area contributed by atoms with E-state index in [0.717, 1.165) is 44.1 Å². The second kappa shape index (κ2) is 6.60. The first-order valence-corrected chi connectivity index (χ1v) is 8.84. The van der Waals surface area contributed by atoms with Crippen molar-refractivity contribution in [1.82, 2.24) is 5.32 Å². The summed E-state index contributed by atoms with van der Waals surface area (Å²) in [5.41, 5.74) is -0.342.